The van der Waals surface area contributed by atoms with Crippen molar-refractivity contribution in [1.29, 1.82) is 0 Å². The first kappa shape index (κ1) is 13.4. The average molecular weight is 312 g/mol. The first-order chi connectivity index (χ1) is 10.7. The number of aromatic amines is 1. The summed E-state index contributed by atoms with van der Waals surface area (Å²) in [5.74, 6) is 1.15. The van der Waals surface area contributed by atoms with E-state index in [1.165, 1.54) is 4.88 Å². The fourth-order valence-corrected chi connectivity index (χ4v) is 3.89. The van der Waals surface area contributed by atoms with Crippen molar-refractivity contribution in [3.63, 3.8) is 0 Å². The van der Waals surface area contributed by atoms with E-state index in [1.54, 1.807) is 17.5 Å². The van der Waals surface area contributed by atoms with Gasteiger partial charge in [-0.1, -0.05) is 6.92 Å². The fraction of sp³-hybridized carbons (Fsp3) is 0.333. The van der Waals surface area contributed by atoms with E-state index in [1.807, 2.05) is 19.2 Å². The van der Waals surface area contributed by atoms with Gasteiger partial charge in [-0.05, 0) is 31.7 Å². The van der Waals surface area contributed by atoms with Crippen LogP contribution in [0.3, 0.4) is 0 Å². The Kier molecular flexibility index (Phi) is 3.15. The minimum Gasteiger partial charge on any atom is -0.300 e. The number of anilines is 2. The van der Waals surface area contributed by atoms with Gasteiger partial charge >= 0.3 is 0 Å². The Labute approximate surface area is 132 Å². The molecule has 0 saturated carbocycles. The number of nitrogens with zero attached hydrogens (tertiary/aromatic N) is 4. The van der Waals surface area contributed by atoms with Crippen LogP contribution < -0.4 is 5.32 Å². The molecule has 4 rings (SSSR count). The van der Waals surface area contributed by atoms with Crippen LogP contribution in [0.15, 0.2) is 18.5 Å². The molecule has 0 saturated heterocycles. The monoisotopic (exact) mass is 312 g/mol. The number of aryl methyl sites for hydroxylation is 1. The zero-order valence-electron chi connectivity index (χ0n) is 12.4. The third kappa shape index (κ3) is 2.37. The maximum Gasteiger partial charge on any atom is 0.229 e. The average Bonchev–Trinajstić information content (AvgIpc) is 3.03. The Hall–Kier alpha value is -2.28. The highest BCUT2D eigenvalue weighted by molar-refractivity contribution is 7.16. The van der Waals surface area contributed by atoms with E-state index >= 15 is 0 Å². The van der Waals surface area contributed by atoms with Gasteiger partial charge in [0.25, 0.3) is 0 Å². The number of rotatable bonds is 2. The van der Waals surface area contributed by atoms with Crippen molar-refractivity contribution in [2.75, 3.05) is 5.32 Å². The molecule has 0 fully saturated rings. The molecule has 7 heteroatoms. The van der Waals surface area contributed by atoms with Crippen LogP contribution in [0, 0.1) is 12.8 Å². The van der Waals surface area contributed by atoms with Crippen molar-refractivity contribution in [1.82, 2.24) is 25.1 Å². The van der Waals surface area contributed by atoms with Gasteiger partial charge in [-0.25, -0.2) is 15.0 Å². The molecule has 1 aliphatic rings. The Morgan fingerprint density at radius 2 is 2.23 bits per heavy atom. The van der Waals surface area contributed by atoms with Crippen LogP contribution in [0.5, 0.6) is 0 Å². The fourth-order valence-electron chi connectivity index (χ4n) is 2.76. The lowest BCUT2D eigenvalue weighted by molar-refractivity contribution is 0.578. The van der Waals surface area contributed by atoms with Crippen molar-refractivity contribution in [3.8, 4) is 11.3 Å². The Balaban J connectivity index is 1.72. The summed E-state index contributed by atoms with van der Waals surface area (Å²) < 4.78 is 0. The molecule has 0 aliphatic heterocycles. The summed E-state index contributed by atoms with van der Waals surface area (Å²) in [5.41, 5.74) is 4.19. The molecule has 1 unspecified atom stereocenters. The van der Waals surface area contributed by atoms with Crippen molar-refractivity contribution in [3.05, 3.63) is 34.7 Å². The van der Waals surface area contributed by atoms with Crippen LogP contribution in [0.1, 0.15) is 23.2 Å². The van der Waals surface area contributed by atoms with Crippen LogP contribution in [0.4, 0.5) is 11.1 Å². The van der Waals surface area contributed by atoms with Crippen molar-refractivity contribution < 1.29 is 0 Å². The summed E-state index contributed by atoms with van der Waals surface area (Å²) in [6.45, 7) is 4.20. The van der Waals surface area contributed by atoms with Crippen LogP contribution in [0.2, 0.25) is 0 Å². The third-order valence-electron chi connectivity index (χ3n) is 3.76. The maximum absolute atomic E-state index is 4.75. The number of fused-ring (bicyclic) bond motifs is 3. The van der Waals surface area contributed by atoms with E-state index < -0.39 is 0 Å². The van der Waals surface area contributed by atoms with Gasteiger partial charge in [0.2, 0.25) is 5.95 Å². The molecule has 0 spiro atoms. The smallest absolute Gasteiger partial charge is 0.229 e. The van der Waals surface area contributed by atoms with Gasteiger partial charge in [-0.3, -0.25) is 5.10 Å². The van der Waals surface area contributed by atoms with Crippen molar-refractivity contribution >= 4 is 22.4 Å². The number of hydrogen-bond acceptors (Lipinski definition) is 6. The van der Waals surface area contributed by atoms with Gasteiger partial charge in [0.1, 0.15) is 0 Å². The molecule has 0 amide bonds. The van der Waals surface area contributed by atoms with Crippen molar-refractivity contribution in [2.24, 2.45) is 5.92 Å². The molecule has 112 valence electrons. The molecule has 3 aromatic heterocycles. The van der Waals surface area contributed by atoms with E-state index in [4.69, 9.17) is 4.98 Å². The molecular formula is C15H16N6S. The zero-order valence-corrected chi connectivity index (χ0v) is 13.2. The maximum atomic E-state index is 4.75. The number of H-pyrrole nitrogens is 1. The third-order valence-corrected chi connectivity index (χ3v) is 4.75. The normalized spacial score (nSPS) is 16.7. The first-order valence-electron chi connectivity index (χ1n) is 7.28. The van der Waals surface area contributed by atoms with Gasteiger partial charge in [0, 0.05) is 28.5 Å². The predicted octanol–water partition coefficient (Wildman–Crippen LogP) is 3.11. The summed E-state index contributed by atoms with van der Waals surface area (Å²) >= 11 is 1.68. The molecule has 3 heterocycles. The van der Waals surface area contributed by atoms with Gasteiger partial charge in [-0.2, -0.15) is 5.10 Å². The summed E-state index contributed by atoms with van der Waals surface area (Å²) in [7, 11) is 0. The van der Waals surface area contributed by atoms with E-state index in [-0.39, 0.29) is 0 Å². The van der Waals surface area contributed by atoms with Crippen LogP contribution >= 0.6 is 11.3 Å². The highest BCUT2D eigenvalue weighted by Gasteiger charge is 2.24. The number of hydrogen-bond donors (Lipinski definition) is 2. The quantitative estimate of drug-likeness (QED) is 0.760. The Morgan fingerprint density at radius 3 is 3.09 bits per heavy atom. The molecule has 0 bridgehead atoms. The standard InChI is InChI=1S/C15H16N6S/c1-8-5-11-10(7-17-21-11)13-12(6-8)22-15(19-13)20-14-16-4-3-9(2)18-14/h3-4,7-8H,5-6H2,1-2H3,(H,17,21)(H,16,18,19,20). The lowest BCUT2D eigenvalue weighted by atomic mass is 10.0. The van der Waals surface area contributed by atoms with Gasteiger partial charge in [-0.15, -0.1) is 11.3 Å². The van der Waals surface area contributed by atoms with Gasteiger partial charge < -0.3 is 5.32 Å². The van der Waals surface area contributed by atoms with E-state index in [9.17, 15) is 0 Å². The van der Waals surface area contributed by atoms with Crippen molar-refractivity contribution in [2.45, 2.75) is 26.7 Å². The second-order valence-electron chi connectivity index (χ2n) is 5.70. The molecule has 1 atom stereocenters. The topological polar surface area (TPSA) is 79.4 Å². The van der Waals surface area contributed by atoms with Gasteiger partial charge in [0.05, 0.1) is 11.4 Å². The SMILES string of the molecule is Cc1ccnc(Nc2nc3c(s2)CC(C)Cc2n[nH]cc2-3)n1. The largest absolute Gasteiger partial charge is 0.300 e. The second kappa shape index (κ2) is 5.17. The summed E-state index contributed by atoms with van der Waals surface area (Å²) in [6, 6.07) is 1.88. The molecule has 1 aliphatic carbocycles. The predicted molar refractivity (Wildman–Crippen MR) is 86.3 cm³/mol. The lowest BCUT2D eigenvalue weighted by Crippen LogP contribution is -2.01. The highest BCUT2D eigenvalue weighted by atomic mass is 32.1. The van der Waals surface area contributed by atoms with E-state index in [0.29, 0.717) is 11.9 Å². The Bertz CT molecular complexity index is 821. The van der Waals surface area contributed by atoms with Crippen LogP contribution in [0.25, 0.3) is 11.3 Å². The molecule has 3 aromatic rings. The summed E-state index contributed by atoms with van der Waals surface area (Å²) in [6.07, 6.45) is 5.71. The number of nitrogens with one attached hydrogen (secondary N) is 2. The summed E-state index contributed by atoms with van der Waals surface area (Å²) in [4.78, 5) is 14.6. The lowest BCUT2D eigenvalue weighted by Gasteiger charge is -2.05. The number of thiazole rings is 1. The minimum absolute atomic E-state index is 0.562. The Morgan fingerprint density at radius 1 is 1.32 bits per heavy atom. The van der Waals surface area contributed by atoms with E-state index in [2.05, 4.69) is 32.4 Å². The molecule has 6 nitrogen and oxygen atoms in total. The van der Waals surface area contributed by atoms with Crippen LogP contribution in [-0.4, -0.2) is 25.1 Å². The second-order valence-corrected chi connectivity index (χ2v) is 6.78. The molecule has 2 N–H and O–H groups in total. The zero-order chi connectivity index (χ0) is 15.1. The number of aromatic nitrogens is 5. The molecule has 0 aromatic carbocycles. The van der Waals surface area contributed by atoms with Gasteiger partial charge in [0.15, 0.2) is 5.13 Å². The molecular weight excluding hydrogens is 296 g/mol. The first-order valence-corrected chi connectivity index (χ1v) is 8.10. The molecule has 0 radical (unpaired) electrons. The minimum atomic E-state index is 0.562. The highest BCUT2D eigenvalue weighted by Crippen LogP contribution is 2.38. The summed E-state index contributed by atoms with van der Waals surface area (Å²) in [5, 5.41) is 11.4. The van der Waals surface area contributed by atoms with E-state index in [0.717, 1.165) is 40.6 Å². The molecule has 22 heavy (non-hydrogen) atoms. The van der Waals surface area contributed by atoms with Crippen LogP contribution in [-0.2, 0) is 12.8 Å².